The molecule has 1 saturated carbocycles. The van der Waals surface area contributed by atoms with Gasteiger partial charge in [0.05, 0.1) is 0 Å². The number of nitrogens with two attached hydrogens (primary N) is 1. The molecule has 0 aromatic rings. The molecule has 0 spiro atoms. The average Bonchev–Trinajstić information content (AvgIpc) is 2.34. The summed E-state index contributed by atoms with van der Waals surface area (Å²) in [6.45, 7) is 0.588. The Kier molecular flexibility index (Phi) is 2.70. The Morgan fingerprint density at radius 2 is 2.36 bits per heavy atom. The lowest BCUT2D eigenvalue weighted by atomic mass is 10.0. The Morgan fingerprint density at radius 1 is 1.64 bits per heavy atom. The second-order valence-corrected chi connectivity index (χ2v) is 2.98. The highest BCUT2D eigenvalue weighted by molar-refractivity contribution is 5.64. The molecule has 1 rings (SSSR count). The van der Waals surface area contributed by atoms with Crippen LogP contribution in [0.4, 0.5) is 4.79 Å². The van der Waals surface area contributed by atoms with Crippen molar-refractivity contribution in [3.05, 3.63) is 0 Å². The van der Waals surface area contributed by atoms with Crippen molar-refractivity contribution in [2.75, 3.05) is 6.54 Å². The molecule has 4 nitrogen and oxygen atoms in total. The number of amides is 1. The lowest BCUT2D eigenvalue weighted by Crippen LogP contribution is -2.38. The van der Waals surface area contributed by atoms with Crippen LogP contribution in [0.15, 0.2) is 0 Å². The second kappa shape index (κ2) is 3.57. The second-order valence-electron chi connectivity index (χ2n) is 2.98. The van der Waals surface area contributed by atoms with Crippen molar-refractivity contribution in [3.63, 3.8) is 0 Å². The minimum Gasteiger partial charge on any atom is -0.465 e. The van der Waals surface area contributed by atoms with Crippen LogP contribution in [0.5, 0.6) is 0 Å². The van der Waals surface area contributed by atoms with Crippen LogP contribution in [0.2, 0.25) is 0 Å². The maximum atomic E-state index is 10.3. The Labute approximate surface area is 65.8 Å². The number of carbonyl (C=O) groups is 1. The highest BCUT2D eigenvalue weighted by Crippen LogP contribution is 2.24. The molecule has 0 aliphatic heterocycles. The van der Waals surface area contributed by atoms with Gasteiger partial charge in [0.1, 0.15) is 0 Å². The zero-order valence-corrected chi connectivity index (χ0v) is 6.42. The summed E-state index contributed by atoms with van der Waals surface area (Å²) in [6.07, 6.45) is 2.15. The van der Waals surface area contributed by atoms with Gasteiger partial charge < -0.3 is 16.2 Å². The zero-order valence-electron chi connectivity index (χ0n) is 6.42. The third-order valence-corrected chi connectivity index (χ3v) is 2.27. The zero-order chi connectivity index (χ0) is 8.27. The summed E-state index contributed by atoms with van der Waals surface area (Å²) in [5, 5.41) is 10.9. The molecule has 0 radical (unpaired) electrons. The van der Waals surface area contributed by atoms with Crippen molar-refractivity contribution in [3.8, 4) is 0 Å². The molecule has 1 fully saturated rings. The fourth-order valence-electron chi connectivity index (χ4n) is 1.67. The van der Waals surface area contributed by atoms with Crippen molar-refractivity contribution in [2.45, 2.75) is 25.3 Å². The van der Waals surface area contributed by atoms with Gasteiger partial charge in [-0.2, -0.15) is 0 Å². The van der Waals surface area contributed by atoms with E-state index in [0.29, 0.717) is 12.5 Å². The van der Waals surface area contributed by atoms with E-state index in [9.17, 15) is 4.79 Å². The Bertz CT molecular complexity index is 149. The van der Waals surface area contributed by atoms with Gasteiger partial charge in [0, 0.05) is 6.04 Å². The molecule has 0 saturated heterocycles. The van der Waals surface area contributed by atoms with E-state index in [1.54, 1.807) is 0 Å². The molecule has 0 bridgehead atoms. The molecule has 0 aromatic carbocycles. The highest BCUT2D eigenvalue weighted by Gasteiger charge is 2.26. The minimum atomic E-state index is -0.935. The number of nitrogens with one attached hydrogen (secondary N) is 1. The first-order chi connectivity index (χ1) is 5.24. The average molecular weight is 158 g/mol. The highest BCUT2D eigenvalue weighted by atomic mass is 16.4. The molecular weight excluding hydrogens is 144 g/mol. The lowest BCUT2D eigenvalue weighted by molar-refractivity contribution is 0.186. The van der Waals surface area contributed by atoms with Gasteiger partial charge in [0.25, 0.3) is 0 Å². The molecule has 0 aromatic heterocycles. The Morgan fingerprint density at radius 3 is 2.91 bits per heavy atom. The summed E-state index contributed by atoms with van der Waals surface area (Å²) in [6, 6.07) is 0.0949. The van der Waals surface area contributed by atoms with E-state index in [4.69, 9.17) is 10.8 Å². The van der Waals surface area contributed by atoms with Crippen LogP contribution in [0.1, 0.15) is 19.3 Å². The summed E-state index contributed by atoms with van der Waals surface area (Å²) in [7, 11) is 0. The first kappa shape index (κ1) is 8.33. The van der Waals surface area contributed by atoms with E-state index in [1.807, 2.05) is 0 Å². The van der Waals surface area contributed by atoms with Gasteiger partial charge in [0.2, 0.25) is 0 Å². The fourth-order valence-corrected chi connectivity index (χ4v) is 1.67. The molecule has 4 heteroatoms. The largest absolute Gasteiger partial charge is 0.465 e. The molecule has 2 unspecified atom stereocenters. The monoisotopic (exact) mass is 158 g/mol. The van der Waals surface area contributed by atoms with Crippen LogP contribution >= 0.6 is 0 Å². The fraction of sp³-hybridized carbons (Fsp3) is 0.857. The molecule has 4 N–H and O–H groups in total. The third-order valence-electron chi connectivity index (χ3n) is 2.27. The van der Waals surface area contributed by atoms with Crippen molar-refractivity contribution in [1.82, 2.24) is 5.32 Å². The first-order valence-electron chi connectivity index (χ1n) is 3.93. The van der Waals surface area contributed by atoms with Crippen LogP contribution < -0.4 is 11.1 Å². The molecule has 0 heterocycles. The van der Waals surface area contributed by atoms with Gasteiger partial charge >= 0.3 is 6.09 Å². The van der Waals surface area contributed by atoms with E-state index < -0.39 is 6.09 Å². The van der Waals surface area contributed by atoms with E-state index >= 15 is 0 Å². The van der Waals surface area contributed by atoms with Crippen LogP contribution in [0, 0.1) is 5.92 Å². The van der Waals surface area contributed by atoms with Crippen LogP contribution in [0.25, 0.3) is 0 Å². The van der Waals surface area contributed by atoms with E-state index in [-0.39, 0.29) is 6.04 Å². The van der Waals surface area contributed by atoms with Crippen LogP contribution in [-0.4, -0.2) is 23.8 Å². The molecule has 1 aliphatic rings. The third kappa shape index (κ3) is 2.08. The normalized spacial score (nSPS) is 30.3. The standard InChI is InChI=1S/C7H14N2O2/c8-4-5-2-1-3-6(5)9-7(10)11/h5-6,9H,1-4,8H2,(H,10,11). The van der Waals surface area contributed by atoms with Crippen LogP contribution in [0.3, 0.4) is 0 Å². The number of hydrogen-bond donors (Lipinski definition) is 3. The van der Waals surface area contributed by atoms with Gasteiger partial charge in [-0.3, -0.25) is 0 Å². The quantitative estimate of drug-likeness (QED) is 0.544. The molecule has 2 atom stereocenters. The maximum absolute atomic E-state index is 10.3. The predicted octanol–water partition coefficient (Wildman–Crippen LogP) is 0.381. The summed E-state index contributed by atoms with van der Waals surface area (Å²) >= 11 is 0. The van der Waals surface area contributed by atoms with Gasteiger partial charge in [-0.25, -0.2) is 4.79 Å². The minimum absolute atomic E-state index is 0.0949. The Balaban J connectivity index is 2.37. The maximum Gasteiger partial charge on any atom is 0.404 e. The van der Waals surface area contributed by atoms with Gasteiger partial charge in [-0.15, -0.1) is 0 Å². The molecule has 1 aliphatic carbocycles. The van der Waals surface area contributed by atoms with E-state index in [2.05, 4.69) is 5.32 Å². The molecule has 1 amide bonds. The van der Waals surface area contributed by atoms with Gasteiger partial charge in [0.15, 0.2) is 0 Å². The van der Waals surface area contributed by atoms with Crippen molar-refractivity contribution in [2.24, 2.45) is 11.7 Å². The van der Waals surface area contributed by atoms with Crippen molar-refractivity contribution < 1.29 is 9.90 Å². The van der Waals surface area contributed by atoms with Crippen molar-refractivity contribution >= 4 is 6.09 Å². The molecule has 64 valence electrons. The first-order valence-corrected chi connectivity index (χ1v) is 3.93. The summed E-state index contributed by atoms with van der Waals surface area (Å²) in [5.74, 6) is 0.353. The number of rotatable bonds is 2. The summed E-state index contributed by atoms with van der Waals surface area (Å²) in [4.78, 5) is 10.3. The topological polar surface area (TPSA) is 75.3 Å². The SMILES string of the molecule is NCC1CCCC1NC(=O)O. The van der Waals surface area contributed by atoms with E-state index in [0.717, 1.165) is 19.3 Å². The summed E-state index contributed by atoms with van der Waals surface area (Å²) in [5.41, 5.74) is 5.47. The lowest BCUT2D eigenvalue weighted by Gasteiger charge is -2.16. The molecule has 11 heavy (non-hydrogen) atoms. The molecular formula is C7H14N2O2. The van der Waals surface area contributed by atoms with Gasteiger partial charge in [-0.05, 0) is 25.3 Å². The number of carboxylic acid groups (broad SMARTS) is 1. The smallest absolute Gasteiger partial charge is 0.404 e. The van der Waals surface area contributed by atoms with Crippen molar-refractivity contribution in [1.29, 1.82) is 0 Å². The summed E-state index contributed by atoms with van der Waals surface area (Å²) < 4.78 is 0. The number of hydrogen-bond acceptors (Lipinski definition) is 2. The Hall–Kier alpha value is -0.770. The van der Waals surface area contributed by atoms with E-state index in [1.165, 1.54) is 0 Å². The van der Waals surface area contributed by atoms with Crippen LogP contribution in [-0.2, 0) is 0 Å². The predicted molar refractivity (Wildman–Crippen MR) is 41.3 cm³/mol. The van der Waals surface area contributed by atoms with Gasteiger partial charge in [-0.1, -0.05) is 6.42 Å².